The van der Waals surface area contributed by atoms with Gasteiger partial charge in [0.15, 0.2) is 0 Å². The first-order valence-corrected chi connectivity index (χ1v) is 27.2. The molecule has 15 heteroatoms. The van der Waals surface area contributed by atoms with E-state index in [9.17, 15) is 0 Å². The molecule has 6 aromatic heterocycles. The van der Waals surface area contributed by atoms with E-state index in [0.29, 0.717) is 53.5 Å². The number of furan rings is 2. The number of benzene rings is 3. The second-order valence-electron chi connectivity index (χ2n) is 20.8. The number of aryl methyl sites for hydroxylation is 3. The fourth-order valence-corrected chi connectivity index (χ4v) is 8.11. The fourth-order valence-electron chi connectivity index (χ4n) is 7.23. The Balaban J connectivity index is 0.000000200. The number of tetrazole rings is 1. The number of hydrogen-bond donors (Lipinski definition) is 0. The van der Waals surface area contributed by atoms with Crippen molar-refractivity contribution >= 4 is 21.6 Å². The minimum atomic E-state index is 0.427. The van der Waals surface area contributed by atoms with Gasteiger partial charge < -0.3 is 18.5 Å². The van der Waals surface area contributed by atoms with Gasteiger partial charge in [-0.2, -0.15) is 15.2 Å². The van der Waals surface area contributed by atoms with Crippen molar-refractivity contribution in [3.8, 4) is 23.1 Å². The van der Waals surface area contributed by atoms with E-state index in [-0.39, 0.29) is 0 Å². The normalized spacial score (nSPS) is 10.9. The van der Waals surface area contributed by atoms with Gasteiger partial charge >= 0.3 is 0 Å². The predicted molar refractivity (Wildman–Crippen MR) is 314 cm³/mol. The lowest BCUT2D eigenvalue weighted by Gasteiger charge is -2.06. The summed E-state index contributed by atoms with van der Waals surface area (Å²) in [7, 11) is 7.51. The lowest BCUT2D eigenvalue weighted by atomic mass is 10.0. The van der Waals surface area contributed by atoms with Crippen LogP contribution in [0.2, 0.25) is 0 Å². The maximum atomic E-state index is 8.66. The smallest absolute Gasteiger partial charge is 0.204 e. The molecule has 3 aromatic carbocycles. The van der Waals surface area contributed by atoms with Crippen LogP contribution in [0, 0.1) is 25.2 Å². The molecular formula is C62H83N11O3S. The Morgan fingerprint density at radius 3 is 1.70 bits per heavy atom. The van der Waals surface area contributed by atoms with Gasteiger partial charge in [0, 0.05) is 30.2 Å². The molecule has 0 radical (unpaired) electrons. The molecule has 0 unspecified atom stereocenters. The summed E-state index contributed by atoms with van der Waals surface area (Å²) in [5, 5.41) is 25.8. The van der Waals surface area contributed by atoms with Crippen molar-refractivity contribution in [2.75, 3.05) is 21.2 Å². The van der Waals surface area contributed by atoms with Gasteiger partial charge in [0.25, 0.3) is 0 Å². The van der Waals surface area contributed by atoms with Crippen LogP contribution in [0.3, 0.4) is 0 Å². The van der Waals surface area contributed by atoms with Crippen molar-refractivity contribution in [3.05, 3.63) is 177 Å². The number of thiazole rings is 1. The average Bonchev–Trinajstić information content (AvgIpc) is 4.27. The first-order valence-electron chi connectivity index (χ1n) is 26.4. The SMILES string of the molecule is CC(C)c1ccc(-c2nnn(C)n2)cc1.CC(C)c1ccc(-n2cncn2)cc1.CC(C)c1ccc(CN(C)C)o1.COCc1ccc(C(C)C)o1.Cc1nc(C(C)C)ccc1C#N.Cc1nc2ccc(C(C)C)cc2s1. The second-order valence-corrected chi connectivity index (χ2v) is 22.0. The van der Waals surface area contributed by atoms with E-state index in [2.05, 4.69) is 203 Å². The summed E-state index contributed by atoms with van der Waals surface area (Å²) < 4.78 is 19.1. The molecular weight excluding hydrogens is 979 g/mol. The molecule has 0 amide bonds. The van der Waals surface area contributed by atoms with E-state index in [0.717, 1.165) is 62.7 Å². The van der Waals surface area contributed by atoms with Crippen LogP contribution < -0.4 is 0 Å². The van der Waals surface area contributed by atoms with E-state index < -0.39 is 0 Å². The minimum absolute atomic E-state index is 0.427. The first-order chi connectivity index (χ1) is 36.6. The Morgan fingerprint density at radius 2 is 1.23 bits per heavy atom. The van der Waals surface area contributed by atoms with E-state index in [1.165, 1.54) is 32.5 Å². The largest absolute Gasteiger partial charge is 0.464 e. The highest BCUT2D eigenvalue weighted by Gasteiger charge is 2.09. The number of aromatic nitrogens is 9. The van der Waals surface area contributed by atoms with Gasteiger partial charge in [-0.25, -0.2) is 14.6 Å². The van der Waals surface area contributed by atoms with Crippen LogP contribution in [0.4, 0.5) is 0 Å². The molecule has 0 aliphatic rings. The summed E-state index contributed by atoms with van der Waals surface area (Å²) in [5.41, 5.74) is 9.79. The Morgan fingerprint density at radius 1 is 0.662 bits per heavy atom. The summed E-state index contributed by atoms with van der Waals surface area (Å²) in [6.45, 7) is 31.2. The zero-order valence-corrected chi connectivity index (χ0v) is 49.7. The highest BCUT2D eigenvalue weighted by atomic mass is 32.1. The summed E-state index contributed by atoms with van der Waals surface area (Å²) in [6, 6.07) is 37.1. The zero-order valence-electron chi connectivity index (χ0n) is 48.9. The average molecular weight is 1060 g/mol. The summed E-state index contributed by atoms with van der Waals surface area (Å²) in [6.07, 6.45) is 3.24. The third-order valence-electron chi connectivity index (χ3n) is 11.9. The summed E-state index contributed by atoms with van der Waals surface area (Å²) in [4.78, 5) is 16.2. The molecule has 0 spiro atoms. The highest BCUT2D eigenvalue weighted by molar-refractivity contribution is 7.18. The van der Waals surface area contributed by atoms with Gasteiger partial charge in [-0.1, -0.05) is 126 Å². The van der Waals surface area contributed by atoms with Gasteiger partial charge in [0.05, 0.1) is 45.8 Å². The standard InChI is InChI=1S/C11H14N4.C11H13N3.C11H13NS.C10H12N2.C10H17NO.C9H14O2/c1-8(2)9-4-6-10(7-5-9)11-12-14-15(3)13-11;1-9(2)10-3-5-11(6-4-10)14-8-12-7-13-14;1-7(2)9-4-5-10-11(6-9)13-8(3)12-10;1-7(2)10-5-4-9(6-11)8(3)12-10;1-8(2)10-6-5-9(12-10)7-11(3)4;1-7(2)9-5-4-8(11-9)6-10-3/h4-8H,1-3H3;3-9H,1-2H3;4-7H,1-3H3;4-5,7H,1-3H3;5-6,8H,7H2,1-4H3;4-5,7H,6H2,1-3H3. The van der Waals surface area contributed by atoms with E-state index in [1.54, 1.807) is 36.5 Å². The third kappa shape index (κ3) is 20.7. The molecule has 0 saturated heterocycles. The first kappa shape index (κ1) is 62.4. The topological polar surface area (TPSA) is 163 Å². The molecule has 9 rings (SSSR count). The number of fused-ring (bicyclic) bond motifs is 1. The molecule has 0 fully saturated rings. The molecule has 0 saturated carbocycles. The molecule has 0 aliphatic carbocycles. The van der Waals surface area contributed by atoms with Crippen LogP contribution in [0.25, 0.3) is 27.3 Å². The number of hydrogen-bond acceptors (Lipinski definition) is 13. The molecule has 410 valence electrons. The fraction of sp³-hybridized carbons (Fsp3) is 0.419. The monoisotopic (exact) mass is 1060 g/mol. The lowest BCUT2D eigenvalue weighted by molar-refractivity contribution is 0.162. The number of nitrogens with zero attached hydrogens (tertiary/aromatic N) is 11. The van der Waals surface area contributed by atoms with Gasteiger partial charge in [0.2, 0.25) is 5.82 Å². The van der Waals surface area contributed by atoms with Crippen LogP contribution >= 0.6 is 11.3 Å². The van der Waals surface area contributed by atoms with Crippen LogP contribution in [-0.2, 0) is 24.9 Å². The summed E-state index contributed by atoms with van der Waals surface area (Å²) in [5.74, 6) is 7.81. The maximum Gasteiger partial charge on any atom is 0.204 e. The Hall–Kier alpha value is -7.12. The van der Waals surface area contributed by atoms with Crippen molar-refractivity contribution in [2.45, 2.75) is 146 Å². The molecule has 14 nitrogen and oxygen atoms in total. The molecule has 0 bridgehead atoms. The Labute approximate surface area is 462 Å². The highest BCUT2D eigenvalue weighted by Crippen LogP contribution is 2.26. The molecule has 77 heavy (non-hydrogen) atoms. The Bertz CT molecular complexity index is 3120. The van der Waals surface area contributed by atoms with Gasteiger partial charge in [-0.3, -0.25) is 4.98 Å². The molecule has 6 heterocycles. The number of rotatable bonds is 12. The number of ether oxygens (including phenoxy) is 1. The van der Waals surface area contributed by atoms with Crippen molar-refractivity contribution < 1.29 is 13.6 Å². The quantitative estimate of drug-likeness (QED) is 0.114. The zero-order chi connectivity index (χ0) is 56.8. The molecule has 0 aliphatic heterocycles. The molecule has 0 atom stereocenters. The van der Waals surface area contributed by atoms with Crippen molar-refractivity contribution in [2.24, 2.45) is 7.05 Å². The van der Waals surface area contributed by atoms with Crippen LogP contribution in [0.5, 0.6) is 0 Å². The van der Waals surface area contributed by atoms with Crippen LogP contribution in [-0.4, -0.2) is 71.0 Å². The number of nitriles is 1. The predicted octanol–water partition coefficient (Wildman–Crippen LogP) is 15.5. The van der Waals surface area contributed by atoms with Gasteiger partial charge in [-0.15, -0.1) is 21.5 Å². The van der Waals surface area contributed by atoms with Gasteiger partial charge in [-0.05, 0) is 134 Å². The van der Waals surface area contributed by atoms with Crippen LogP contribution in [0.1, 0.15) is 180 Å². The number of pyridine rings is 1. The van der Waals surface area contributed by atoms with E-state index in [4.69, 9.17) is 18.8 Å². The minimum Gasteiger partial charge on any atom is -0.464 e. The maximum absolute atomic E-state index is 8.66. The number of methoxy groups -OCH3 is 1. The van der Waals surface area contributed by atoms with Crippen molar-refractivity contribution in [1.29, 1.82) is 5.26 Å². The van der Waals surface area contributed by atoms with Crippen LogP contribution in [0.15, 0.2) is 125 Å². The summed E-state index contributed by atoms with van der Waals surface area (Å²) >= 11 is 1.77. The van der Waals surface area contributed by atoms with E-state index in [1.807, 2.05) is 57.4 Å². The van der Waals surface area contributed by atoms with Gasteiger partial charge in [0.1, 0.15) is 48.4 Å². The molecule has 9 aromatic rings. The van der Waals surface area contributed by atoms with Crippen molar-refractivity contribution in [1.82, 2.24) is 49.8 Å². The Kier molecular flexibility index (Phi) is 25.3. The third-order valence-corrected chi connectivity index (χ3v) is 12.8. The lowest BCUT2D eigenvalue weighted by Crippen LogP contribution is -2.09. The van der Waals surface area contributed by atoms with E-state index >= 15 is 0 Å². The second kappa shape index (κ2) is 31.2. The van der Waals surface area contributed by atoms with Crippen molar-refractivity contribution in [3.63, 3.8) is 0 Å². The molecule has 0 N–H and O–H groups in total.